The highest BCUT2D eigenvalue weighted by molar-refractivity contribution is 6.34. The van der Waals surface area contributed by atoms with E-state index in [-0.39, 0.29) is 28.2 Å². The first-order valence-corrected chi connectivity index (χ1v) is 7.08. The zero-order valence-corrected chi connectivity index (χ0v) is 12.4. The van der Waals surface area contributed by atoms with E-state index in [4.69, 9.17) is 28.3 Å². The van der Waals surface area contributed by atoms with Crippen LogP contribution in [0.3, 0.4) is 0 Å². The summed E-state index contributed by atoms with van der Waals surface area (Å²) in [5.74, 6) is -1.14. The van der Waals surface area contributed by atoms with Crippen LogP contribution in [0.1, 0.15) is 42.6 Å². The molecule has 0 aliphatic carbocycles. The van der Waals surface area contributed by atoms with E-state index in [1.54, 1.807) is 0 Å². The summed E-state index contributed by atoms with van der Waals surface area (Å²) in [5, 5.41) is 11.7. The van der Waals surface area contributed by atoms with Crippen molar-refractivity contribution < 1.29 is 14.7 Å². The first kappa shape index (κ1) is 16.7. The Morgan fingerprint density at radius 1 is 1.15 bits per heavy atom. The number of nitrogens with one attached hydrogen (secondary N) is 1. The van der Waals surface area contributed by atoms with Gasteiger partial charge in [0.15, 0.2) is 0 Å². The number of hydrogen-bond donors (Lipinski definition) is 2. The van der Waals surface area contributed by atoms with Crippen LogP contribution < -0.4 is 5.32 Å². The van der Waals surface area contributed by atoms with Gasteiger partial charge < -0.3 is 10.4 Å². The van der Waals surface area contributed by atoms with E-state index in [1.807, 2.05) is 0 Å². The molecule has 110 valence electrons. The van der Waals surface area contributed by atoms with Gasteiger partial charge in [-0.05, 0) is 25.0 Å². The van der Waals surface area contributed by atoms with Gasteiger partial charge in [0.1, 0.15) is 10.8 Å². The van der Waals surface area contributed by atoms with Crippen molar-refractivity contribution in [3.05, 3.63) is 28.0 Å². The molecule has 1 rings (SSSR count). The molecule has 0 atom stereocenters. The van der Waals surface area contributed by atoms with Crippen molar-refractivity contribution in [2.75, 3.05) is 6.54 Å². The van der Waals surface area contributed by atoms with Crippen molar-refractivity contribution in [2.24, 2.45) is 0 Å². The van der Waals surface area contributed by atoms with Crippen molar-refractivity contribution in [3.63, 3.8) is 0 Å². The quantitative estimate of drug-likeness (QED) is 0.570. The number of aliphatic carboxylic acids is 1. The minimum Gasteiger partial charge on any atom is -0.481 e. The van der Waals surface area contributed by atoms with Gasteiger partial charge in [0.2, 0.25) is 0 Å². The number of unbranched alkanes of at least 4 members (excludes halogenated alkanes) is 3. The molecule has 0 saturated heterocycles. The fourth-order valence-electron chi connectivity index (χ4n) is 1.62. The number of carbonyl (C=O) groups excluding carboxylic acids is 1. The number of carboxylic acids is 1. The summed E-state index contributed by atoms with van der Waals surface area (Å²) in [6.07, 6.45) is 3.32. The Morgan fingerprint density at radius 2 is 1.85 bits per heavy atom. The minimum atomic E-state index is -0.778. The van der Waals surface area contributed by atoms with Crippen LogP contribution in [0.25, 0.3) is 0 Å². The molecule has 20 heavy (non-hydrogen) atoms. The molecule has 0 unspecified atom stereocenters. The van der Waals surface area contributed by atoms with E-state index in [9.17, 15) is 9.59 Å². The van der Waals surface area contributed by atoms with Crippen molar-refractivity contribution >= 4 is 35.1 Å². The standard InChI is InChI=1S/C13H16Cl2N2O3/c14-9-6-7-10(15)17-12(9)13(20)16-8-4-2-1-3-5-11(18)19/h6-7H,1-5,8H2,(H,16,20)(H,18,19). The lowest BCUT2D eigenvalue weighted by Gasteiger charge is -2.06. The fraction of sp³-hybridized carbons (Fsp3) is 0.462. The maximum Gasteiger partial charge on any atom is 0.303 e. The van der Waals surface area contributed by atoms with Gasteiger partial charge in [-0.25, -0.2) is 4.98 Å². The molecule has 0 saturated carbocycles. The smallest absolute Gasteiger partial charge is 0.303 e. The third-order valence-corrected chi connectivity index (χ3v) is 3.15. The van der Waals surface area contributed by atoms with Gasteiger partial charge in [-0.2, -0.15) is 0 Å². The lowest BCUT2D eigenvalue weighted by Crippen LogP contribution is -2.25. The third kappa shape index (κ3) is 6.21. The number of carboxylic acid groups (broad SMARTS) is 1. The molecule has 7 heteroatoms. The number of halogens is 2. The molecule has 0 aliphatic rings. The number of nitrogens with zero attached hydrogens (tertiary/aromatic N) is 1. The van der Waals surface area contributed by atoms with E-state index in [0.29, 0.717) is 13.0 Å². The van der Waals surface area contributed by atoms with Crippen molar-refractivity contribution in [2.45, 2.75) is 32.1 Å². The van der Waals surface area contributed by atoms with E-state index < -0.39 is 5.97 Å². The van der Waals surface area contributed by atoms with Crippen LogP contribution in [0, 0.1) is 0 Å². The number of carbonyl (C=O) groups is 2. The molecule has 0 aromatic carbocycles. The maximum atomic E-state index is 11.8. The van der Waals surface area contributed by atoms with E-state index in [0.717, 1.165) is 19.3 Å². The molecule has 0 fully saturated rings. The van der Waals surface area contributed by atoms with Gasteiger partial charge in [0.05, 0.1) is 5.02 Å². The van der Waals surface area contributed by atoms with Crippen molar-refractivity contribution in [1.29, 1.82) is 0 Å². The Kier molecular flexibility index (Phi) is 7.33. The maximum absolute atomic E-state index is 11.8. The number of amides is 1. The zero-order chi connectivity index (χ0) is 15.0. The van der Waals surface area contributed by atoms with E-state index >= 15 is 0 Å². The Bertz CT molecular complexity index is 481. The largest absolute Gasteiger partial charge is 0.481 e. The highest BCUT2D eigenvalue weighted by Crippen LogP contribution is 2.16. The molecule has 1 amide bonds. The molecular weight excluding hydrogens is 303 g/mol. The monoisotopic (exact) mass is 318 g/mol. The van der Waals surface area contributed by atoms with Crippen LogP contribution in [0.15, 0.2) is 12.1 Å². The number of hydrogen-bond acceptors (Lipinski definition) is 3. The lowest BCUT2D eigenvalue weighted by molar-refractivity contribution is -0.137. The highest BCUT2D eigenvalue weighted by atomic mass is 35.5. The fourth-order valence-corrected chi connectivity index (χ4v) is 1.96. The number of pyridine rings is 1. The van der Waals surface area contributed by atoms with Gasteiger partial charge >= 0.3 is 5.97 Å². The summed E-state index contributed by atoms with van der Waals surface area (Å²) in [4.78, 5) is 26.0. The molecule has 1 heterocycles. The summed E-state index contributed by atoms with van der Waals surface area (Å²) in [6, 6.07) is 3.04. The van der Waals surface area contributed by atoms with Crippen LogP contribution >= 0.6 is 23.2 Å². The molecule has 1 aromatic heterocycles. The van der Waals surface area contributed by atoms with E-state index in [1.165, 1.54) is 12.1 Å². The normalized spacial score (nSPS) is 10.3. The van der Waals surface area contributed by atoms with Gasteiger partial charge in [0, 0.05) is 13.0 Å². The van der Waals surface area contributed by atoms with Gasteiger partial charge in [-0.3, -0.25) is 9.59 Å². The molecule has 0 aliphatic heterocycles. The summed E-state index contributed by atoms with van der Waals surface area (Å²) in [5.41, 5.74) is 0.116. The lowest BCUT2D eigenvalue weighted by atomic mass is 10.1. The van der Waals surface area contributed by atoms with Crippen molar-refractivity contribution in [3.8, 4) is 0 Å². The van der Waals surface area contributed by atoms with Gasteiger partial charge in [-0.15, -0.1) is 0 Å². The second-order valence-corrected chi connectivity index (χ2v) is 5.07. The Balaban J connectivity index is 2.23. The minimum absolute atomic E-state index is 0.116. The predicted molar refractivity (Wildman–Crippen MR) is 77.3 cm³/mol. The van der Waals surface area contributed by atoms with Crippen LogP contribution in [-0.2, 0) is 4.79 Å². The third-order valence-electron chi connectivity index (χ3n) is 2.63. The SMILES string of the molecule is O=C(O)CCCCCCNC(=O)c1nc(Cl)ccc1Cl. The van der Waals surface area contributed by atoms with E-state index in [2.05, 4.69) is 10.3 Å². The number of aromatic nitrogens is 1. The Labute approximate surface area is 127 Å². The first-order valence-electron chi connectivity index (χ1n) is 6.32. The second-order valence-electron chi connectivity index (χ2n) is 4.28. The first-order chi connectivity index (χ1) is 9.50. The predicted octanol–water partition coefficient (Wildman–Crippen LogP) is 3.15. The zero-order valence-electron chi connectivity index (χ0n) is 10.9. The average Bonchev–Trinajstić information content (AvgIpc) is 2.39. The van der Waals surface area contributed by atoms with Crippen LogP contribution in [0.2, 0.25) is 10.2 Å². The van der Waals surface area contributed by atoms with Crippen LogP contribution in [-0.4, -0.2) is 28.5 Å². The molecule has 2 N–H and O–H groups in total. The second kappa shape index (κ2) is 8.76. The van der Waals surface area contributed by atoms with Crippen molar-refractivity contribution in [1.82, 2.24) is 10.3 Å². The molecule has 1 aromatic rings. The summed E-state index contributed by atoms with van der Waals surface area (Å²) < 4.78 is 0. The molecule has 0 radical (unpaired) electrons. The topological polar surface area (TPSA) is 79.3 Å². The summed E-state index contributed by atoms with van der Waals surface area (Å²) in [7, 11) is 0. The molecule has 5 nitrogen and oxygen atoms in total. The Morgan fingerprint density at radius 3 is 2.55 bits per heavy atom. The number of rotatable bonds is 8. The van der Waals surface area contributed by atoms with Gasteiger partial charge in [-0.1, -0.05) is 36.0 Å². The molecular formula is C13H16Cl2N2O3. The summed E-state index contributed by atoms with van der Waals surface area (Å²) in [6.45, 7) is 0.496. The highest BCUT2D eigenvalue weighted by Gasteiger charge is 2.12. The summed E-state index contributed by atoms with van der Waals surface area (Å²) >= 11 is 11.6. The van der Waals surface area contributed by atoms with Crippen LogP contribution in [0.4, 0.5) is 0 Å². The molecule has 0 spiro atoms. The average molecular weight is 319 g/mol. The van der Waals surface area contributed by atoms with Gasteiger partial charge in [0.25, 0.3) is 5.91 Å². The molecule has 0 bridgehead atoms. The van der Waals surface area contributed by atoms with Crippen LogP contribution in [0.5, 0.6) is 0 Å². The Hall–Kier alpha value is -1.33.